The van der Waals surface area contributed by atoms with Crippen LogP contribution in [0.1, 0.15) is 35.9 Å². The lowest BCUT2D eigenvalue weighted by atomic mass is 10.1. The van der Waals surface area contributed by atoms with Crippen LogP contribution in [-0.2, 0) is 10.0 Å². The Labute approximate surface area is 123 Å². The van der Waals surface area contributed by atoms with E-state index in [0.29, 0.717) is 15.7 Å². The van der Waals surface area contributed by atoms with Gasteiger partial charge in [-0.3, -0.25) is 9.71 Å². The summed E-state index contributed by atoms with van der Waals surface area (Å²) >= 11 is 1.26. The summed E-state index contributed by atoms with van der Waals surface area (Å²) in [4.78, 5) is 9.28. The van der Waals surface area contributed by atoms with Gasteiger partial charge in [0.2, 0.25) is 0 Å². The first-order valence-electron chi connectivity index (χ1n) is 6.22. The summed E-state index contributed by atoms with van der Waals surface area (Å²) < 4.78 is 27.6. The lowest BCUT2D eigenvalue weighted by molar-refractivity contribution is 0.602. The predicted octanol–water partition coefficient (Wildman–Crippen LogP) is 3.08. The molecule has 0 bridgehead atoms. The maximum absolute atomic E-state index is 12.4. The monoisotopic (exact) mass is 311 g/mol. The molecule has 0 radical (unpaired) electrons. The highest BCUT2D eigenvalue weighted by Gasteiger charge is 2.21. The van der Waals surface area contributed by atoms with Crippen LogP contribution in [0, 0.1) is 13.8 Å². The minimum Gasteiger partial charge on any atom is -0.261 e. The number of thiophene rings is 1. The van der Waals surface area contributed by atoms with Crippen LogP contribution in [0.15, 0.2) is 22.7 Å². The molecule has 20 heavy (non-hydrogen) atoms. The largest absolute Gasteiger partial charge is 0.272 e. The van der Waals surface area contributed by atoms with Crippen LogP contribution < -0.4 is 4.72 Å². The van der Waals surface area contributed by atoms with Crippen LogP contribution in [-0.4, -0.2) is 18.4 Å². The zero-order chi connectivity index (χ0) is 14.9. The highest BCUT2D eigenvalue weighted by Crippen LogP contribution is 2.28. The van der Waals surface area contributed by atoms with Crippen molar-refractivity contribution in [3.05, 3.63) is 34.6 Å². The third-order valence-electron chi connectivity index (χ3n) is 2.91. The summed E-state index contributed by atoms with van der Waals surface area (Å²) in [5.74, 6) is 0.388. The molecule has 0 fully saturated rings. The number of rotatable bonds is 4. The van der Waals surface area contributed by atoms with Crippen LogP contribution >= 0.6 is 11.3 Å². The van der Waals surface area contributed by atoms with Crippen molar-refractivity contribution in [3.63, 3.8) is 0 Å². The van der Waals surface area contributed by atoms with Crippen molar-refractivity contribution in [2.75, 3.05) is 4.72 Å². The number of aryl methyl sites for hydroxylation is 2. The van der Waals surface area contributed by atoms with Gasteiger partial charge in [-0.2, -0.15) is 0 Å². The Bertz CT molecular complexity index is 701. The number of aromatic nitrogens is 2. The predicted molar refractivity (Wildman–Crippen MR) is 80.7 cm³/mol. The second kappa shape index (κ2) is 5.49. The maximum atomic E-state index is 12.4. The highest BCUT2D eigenvalue weighted by molar-refractivity contribution is 7.94. The van der Waals surface area contributed by atoms with E-state index in [0.717, 1.165) is 10.4 Å². The molecular formula is C13H17N3O2S2. The second-order valence-electron chi connectivity index (χ2n) is 4.86. The van der Waals surface area contributed by atoms with Crippen LogP contribution in [0.3, 0.4) is 0 Å². The number of anilines is 1. The molecular weight excluding hydrogens is 294 g/mol. The molecule has 2 aromatic rings. The zero-order valence-electron chi connectivity index (χ0n) is 11.8. The first kappa shape index (κ1) is 14.9. The Hall–Kier alpha value is -1.47. The number of hydrogen-bond acceptors (Lipinski definition) is 5. The first-order valence-corrected chi connectivity index (χ1v) is 8.52. The Morgan fingerprint density at radius 2 is 1.85 bits per heavy atom. The molecule has 0 unspecified atom stereocenters. The molecule has 0 aliphatic carbocycles. The van der Waals surface area contributed by atoms with Gasteiger partial charge in [0, 0.05) is 17.3 Å². The van der Waals surface area contributed by atoms with Gasteiger partial charge in [0.05, 0.1) is 5.69 Å². The molecule has 2 heterocycles. The summed E-state index contributed by atoms with van der Waals surface area (Å²) in [6, 6.07) is 1.67. The topological polar surface area (TPSA) is 72.0 Å². The van der Waals surface area contributed by atoms with Crippen molar-refractivity contribution in [1.82, 2.24) is 9.97 Å². The second-order valence-corrected chi connectivity index (χ2v) is 8.02. The molecule has 2 rings (SSSR count). The Balaban J connectivity index is 2.38. The van der Waals surface area contributed by atoms with Crippen LogP contribution in [0.2, 0.25) is 0 Å². The average Bonchev–Trinajstić information content (AvgIpc) is 2.70. The normalized spacial score (nSPS) is 11.8. The Morgan fingerprint density at radius 1 is 1.20 bits per heavy atom. The van der Waals surface area contributed by atoms with Crippen molar-refractivity contribution < 1.29 is 8.42 Å². The lowest BCUT2D eigenvalue weighted by Crippen LogP contribution is -2.15. The molecule has 5 nitrogen and oxygen atoms in total. The smallest absolute Gasteiger partial charge is 0.261 e. The van der Waals surface area contributed by atoms with Crippen LogP contribution in [0.25, 0.3) is 0 Å². The molecule has 0 aliphatic rings. The summed E-state index contributed by atoms with van der Waals surface area (Å²) in [6.07, 6.45) is 3.04. The fraction of sp³-hybridized carbons (Fsp3) is 0.385. The fourth-order valence-corrected chi connectivity index (χ4v) is 4.24. The molecule has 0 aliphatic heterocycles. The molecule has 0 atom stereocenters. The molecule has 2 aromatic heterocycles. The molecule has 1 N–H and O–H groups in total. The van der Waals surface area contributed by atoms with E-state index in [4.69, 9.17) is 0 Å². The van der Waals surface area contributed by atoms with Gasteiger partial charge in [-0.25, -0.2) is 13.4 Å². The molecule has 0 saturated carbocycles. The molecule has 7 heteroatoms. The van der Waals surface area contributed by atoms with Crippen LogP contribution in [0.4, 0.5) is 5.82 Å². The standard InChI is InChI=1S/C13H17N3O2S2/c1-8(2)12-13(15-6-5-14-12)16-20(17,18)11-7-9(3)10(4)19-11/h5-8H,1-4H3,(H,15,16). The first-order chi connectivity index (χ1) is 9.31. The van der Waals surface area contributed by atoms with E-state index in [9.17, 15) is 8.42 Å². The SMILES string of the molecule is Cc1cc(S(=O)(=O)Nc2nccnc2C(C)C)sc1C. The molecule has 0 spiro atoms. The molecule has 0 saturated heterocycles. The van der Waals surface area contributed by atoms with Crippen molar-refractivity contribution >= 4 is 27.2 Å². The van der Waals surface area contributed by atoms with Crippen molar-refractivity contribution in [3.8, 4) is 0 Å². The molecule has 108 valence electrons. The van der Waals surface area contributed by atoms with Crippen LogP contribution in [0.5, 0.6) is 0 Å². The minimum absolute atomic E-state index is 0.0909. The minimum atomic E-state index is -3.60. The molecule has 0 aromatic carbocycles. The van der Waals surface area contributed by atoms with E-state index in [1.165, 1.54) is 17.5 Å². The van der Waals surface area contributed by atoms with Gasteiger partial charge in [0.15, 0.2) is 5.82 Å². The number of hydrogen-bond donors (Lipinski definition) is 1. The quantitative estimate of drug-likeness (QED) is 0.942. The van der Waals surface area contributed by atoms with Crippen molar-refractivity contribution in [1.29, 1.82) is 0 Å². The Kier molecular flexibility index (Phi) is 4.10. The van der Waals surface area contributed by atoms with Gasteiger partial charge in [-0.05, 0) is 31.4 Å². The number of nitrogens with zero attached hydrogens (tertiary/aromatic N) is 2. The van der Waals surface area contributed by atoms with E-state index < -0.39 is 10.0 Å². The summed E-state index contributed by atoms with van der Waals surface area (Å²) in [7, 11) is -3.60. The summed E-state index contributed by atoms with van der Waals surface area (Å²) in [5.41, 5.74) is 1.61. The van der Waals surface area contributed by atoms with Gasteiger partial charge in [-0.15, -0.1) is 11.3 Å². The van der Waals surface area contributed by atoms with E-state index in [1.54, 1.807) is 12.3 Å². The third-order valence-corrected chi connectivity index (χ3v) is 5.88. The summed E-state index contributed by atoms with van der Waals surface area (Å²) in [6.45, 7) is 7.69. The van der Waals surface area contributed by atoms with Gasteiger partial charge in [0.25, 0.3) is 10.0 Å². The van der Waals surface area contributed by atoms with Gasteiger partial charge in [0.1, 0.15) is 4.21 Å². The van der Waals surface area contributed by atoms with E-state index in [-0.39, 0.29) is 5.92 Å². The maximum Gasteiger partial charge on any atom is 0.272 e. The third kappa shape index (κ3) is 2.99. The lowest BCUT2D eigenvalue weighted by Gasteiger charge is -2.11. The van der Waals surface area contributed by atoms with E-state index >= 15 is 0 Å². The zero-order valence-corrected chi connectivity index (χ0v) is 13.5. The highest BCUT2D eigenvalue weighted by atomic mass is 32.2. The van der Waals surface area contributed by atoms with E-state index in [1.807, 2.05) is 27.7 Å². The number of nitrogens with one attached hydrogen (secondary N) is 1. The molecule has 0 amide bonds. The average molecular weight is 311 g/mol. The van der Waals surface area contributed by atoms with E-state index in [2.05, 4.69) is 14.7 Å². The fourth-order valence-electron chi connectivity index (χ4n) is 1.70. The Morgan fingerprint density at radius 3 is 2.40 bits per heavy atom. The van der Waals surface area contributed by atoms with Gasteiger partial charge >= 0.3 is 0 Å². The van der Waals surface area contributed by atoms with Crippen molar-refractivity contribution in [2.24, 2.45) is 0 Å². The summed E-state index contributed by atoms with van der Waals surface area (Å²) in [5, 5.41) is 0. The number of sulfonamides is 1. The van der Waals surface area contributed by atoms with Crippen molar-refractivity contribution in [2.45, 2.75) is 37.8 Å². The van der Waals surface area contributed by atoms with Gasteiger partial charge < -0.3 is 0 Å². The van der Waals surface area contributed by atoms with Gasteiger partial charge in [-0.1, -0.05) is 13.8 Å².